The molecule has 2 aromatic rings. The van der Waals surface area contributed by atoms with E-state index in [4.69, 9.17) is 0 Å². The number of pyridine rings is 2. The average molecular weight is 441 g/mol. The van der Waals surface area contributed by atoms with Gasteiger partial charge >= 0.3 is 0 Å². The van der Waals surface area contributed by atoms with Crippen molar-refractivity contribution in [2.75, 3.05) is 43.4 Å². The Morgan fingerprint density at radius 1 is 1.28 bits per heavy atom. The van der Waals surface area contributed by atoms with E-state index in [1.54, 1.807) is 12.1 Å². The molecule has 2 aliphatic heterocycles. The summed E-state index contributed by atoms with van der Waals surface area (Å²) >= 11 is 0. The first-order valence-electron chi connectivity index (χ1n) is 11.1. The number of anilines is 2. The van der Waals surface area contributed by atoms with Gasteiger partial charge in [-0.15, -0.1) is 0 Å². The molecular weight excluding hydrogens is 411 g/mol. The summed E-state index contributed by atoms with van der Waals surface area (Å²) in [5, 5.41) is 5.46. The number of amides is 2. The molecule has 2 aromatic heterocycles. The van der Waals surface area contributed by atoms with E-state index in [0.29, 0.717) is 25.3 Å². The van der Waals surface area contributed by atoms with Crippen LogP contribution >= 0.6 is 0 Å². The number of aromatic nitrogens is 2. The highest BCUT2D eigenvalue weighted by Gasteiger charge is 2.32. The van der Waals surface area contributed by atoms with Crippen LogP contribution in [0.15, 0.2) is 24.4 Å². The Bertz CT molecular complexity index is 1020. The molecule has 0 aromatic carbocycles. The molecule has 0 aliphatic carbocycles. The predicted molar refractivity (Wildman–Crippen MR) is 120 cm³/mol. The minimum absolute atomic E-state index is 0.0331. The molecule has 0 bridgehead atoms. The van der Waals surface area contributed by atoms with Gasteiger partial charge in [0, 0.05) is 57.8 Å². The second-order valence-electron chi connectivity index (χ2n) is 8.42. The minimum atomic E-state index is -0.631. The first-order valence-corrected chi connectivity index (χ1v) is 11.1. The van der Waals surface area contributed by atoms with Gasteiger partial charge in [0.15, 0.2) is 0 Å². The fourth-order valence-corrected chi connectivity index (χ4v) is 4.57. The summed E-state index contributed by atoms with van der Waals surface area (Å²) in [6.45, 7) is 7.63. The molecular formula is C23H29FN6O2. The lowest BCUT2D eigenvalue weighted by molar-refractivity contribution is -0.121. The Labute approximate surface area is 187 Å². The highest BCUT2D eigenvalue weighted by Crippen LogP contribution is 2.36. The predicted octanol–water partition coefficient (Wildman–Crippen LogP) is 2.38. The van der Waals surface area contributed by atoms with Gasteiger partial charge in [0.25, 0.3) is 5.91 Å². The maximum atomic E-state index is 14.5. The minimum Gasteiger partial charge on any atom is -0.365 e. The Morgan fingerprint density at radius 2 is 2.03 bits per heavy atom. The van der Waals surface area contributed by atoms with E-state index < -0.39 is 11.9 Å². The van der Waals surface area contributed by atoms with Crippen molar-refractivity contribution < 1.29 is 14.0 Å². The highest BCUT2D eigenvalue weighted by molar-refractivity contribution is 5.96. The van der Waals surface area contributed by atoms with E-state index in [9.17, 15) is 14.0 Å². The van der Waals surface area contributed by atoms with Crippen LogP contribution in [0.2, 0.25) is 0 Å². The van der Waals surface area contributed by atoms with E-state index in [1.807, 2.05) is 24.1 Å². The molecule has 8 nitrogen and oxygen atoms in total. The van der Waals surface area contributed by atoms with Crippen molar-refractivity contribution in [3.8, 4) is 0 Å². The lowest BCUT2D eigenvalue weighted by Gasteiger charge is -2.36. The van der Waals surface area contributed by atoms with Crippen molar-refractivity contribution in [1.29, 1.82) is 0 Å². The zero-order valence-electron chi connectivity index (χ0n) is 18.7. The number of nitrogens with one attached hydrogen (secondary N) is 2. The number of fused-ring (bicyclic) bond motifs is 1. The summed E-state index contributed by atoms with van der Waals surface area (Å²) in [4.78, 5) is 36.7. The van der Waals surface area contributed by atoms with Crippen molar-refractivity contribution in [2.24, 2.45) is 5.92 Å². The smallest absolute Gasteiger partial charge is 0.269 e. The van der Waals surface area contributed by atoms with Gasteiger partial charge in [-0.3, -0.25) is 19.5 Å². The van der Waals surface area contributed by atoms with Crippen LogP contribution in [0.4, 0.5) is 15.8 Å². The molecule has 0 radical (unpaired) electrons. The number of carbonyl (C=O) groups is 2. The van der Waals surface area contributed by atoms with Crippen LogP contribution in [-0.4, -0.2) is 59.9 Å². The molecule has 2 amide bonds. The fraction of sp³-hybridized carbons (Fsp3) is 0.478. The van der Waals surface area contributed by atoms with Crippen LogP contribution in [0, 0.1) is 11.9 Å². The zero-order valence-corrected chi connectivity index (χ0v) is 18.7. The summed E-state index contributed by atoms with van der Waals surface area (Å²) in [7, 11) is 1.49. The van der Waals surface area contributed by atoms with Crippen molar-refractivity contribution in [1.82, 2.24) is 20.2 Å². The average Bonchev–Trinajstić information content (AvgIpc) is 2.79. The van der Waals surface area contributed by atoms with E-state index in [2.05, 4.69) is 32.4 Å². The quantitative estimate of drug-likeness (QED) is 0.694. The van der Waals surface area contributed by atoms with Crippen molar-refractivity contribution in [3.05, 3.63) is 47.3 Å². The molecule has 9 heteroatoms. The van der Waals surface area contributed by atoms with Crippen LogP contribution in [0.3, 0.4) is 0 Å². The molecule has 32 heavy (non-hydrogen) atoms. The van der Waals surface area contributed by atoms with E-state index in [-0.39, 0.29) is 23.4 Å². The number of halogens is 1. The zero-order chi connectivity index (χ0) is 22.8. The van der Waals surface area contributed by atoms with Gasteiger partial charge in [-0.1, -0.05) is 13.8 Å². The molecule has 0 saturated carbocycles. The summed E-state index contributed by atoms with van der Waals surface area (Å²) in [5.74, 6) is -0.893. The monoisotopic (exact) mass is 440 g/mol. The van der Waals surface area contributed by atoms with E-state index in [0.717, 1.165) is 36.5 Å². The fourth-order valence-electron chi connectivity index (χ4n) is 4.57. The van der Waals surface area contributed by atoms with Gasteiger partial charge in [0.05, 0.1) is 17.1 Å². The van der Waals surface area contributed by atoms with Gasteiger partial charge in [0.2, 0.25) is 11.9 Å². The molecule has 0 spiro atoms. The van der Waals surface area contributed by atoms with Crippen molar-refractivity contribution >= 4 is 23.2 Å². The number of rotatable bonds is 5. The standard InChI is InChI=1S/C23H29FN6O2/c1-4-16-14(2)20-18(28-22(16)31)11-15(12-26-20)13-29-7-9-30(10-8-29)19-6-5-17(23(32)25-3)27-21(19)24/h5-6,11-12,14,16H,4,7-10,13H2,1-3H3,(H,25,32)(H,28,31)/t14-,16?/m1/s1. The Kier molecular flexibility index (Phi) is 6.36. The Morgan fingerprint density at radius 3 is 2.69 bits per heavy atom. The molecule has 2 atom stereocenters. The maximum absolute atomic E-state index is 14.5. The first-order chi connectivity index (χ1) is 15.4. The lowest BCUT2D eigenvalue weighted by Crippen LogP contribution is -2.46. The maximum Gasteiger partial charge on any atom is 0.269 e. The molecule has 4 heterocycles. The van der Waals surface area contributed by atoms with Crippen LogP contribution < -0.4 is 15.5 Å². The third-order valence-electron chi connectivity index (χ3n) is 6.45. The topological polar surface area (TPSA) is 90.5 Å². The normalized spacial score (nSPS) is 21.1. The second-order valence-corrected chi connectivity index (χ2v) is 8.42. The number of nitrogens with zero attached hydrogens (tertiary/aromatic N) is 4. The molecule has 2 aliphatic rings. The van der Waals surface area contributed by atoms with Crippen molar-refractivity contribution in [2.45, 2.75) is 32.7 Å². The third-order valence-corrected chi connectivity index (χ3v) is 6.45. The van der Waals surface area contributed by atoms with Gasteiger partial charge in [0.1, 0.15) is 5.69 Å². The molecule has 170 valence electrons. The number of hydrogen-bond acceptors (Lipinski definition) is 6. The summed E-state index contributed by atoms with van der Waals surface area (Å²) < 4.78 is 14.5. The van der Waals surface area contributed by atoms with Gasteiger partial charge < -0.3 is 15.5 Å². The van der Waals surface area contributed by atoms with Gasteiger partial charge in [-0.25, -0.2) is 4.98 Å². The van der Waals surface area contributed by atoms with Gasteiger partial charge in [-0.2, -0.15) is 4.39 Å². The second kappa shape index (κ2) is 9.20. The lowest BCUT2D eigenvalue weighted by atomic mass is 9.84. The number of hydrogen-bond donors (Lipinski definition) is 2. The van der Waals surface area contributed by atoms with E-state index in [1.165, 1.54) is 7.05 Å². The summed E-state index contributed by atoms with van der Waals surface area (Å²) in [5.41, 5.74) is 3.29. The van der Waals surface area contributed by atoms with Crippen LogP contribution in [-0.2, 0) is 11.3 Å². The highest BCUT2D eigenvalue weighted by atomic mass is 19.1. The molecule has 1 fully saturated rings. The molecule has 4 rings (SSSR count). The molecule has 1 saturated heterocycles. The summed E-state index contributed by atoms with van der Waals surface area (Å²) in [6.07, 6.45) is 2.69. The molecule has 1 unspecified atom stereocenters. The van der Waals surface area contributed by atoms with E-state index >= 15 is 0 Å². The van der Waals surface area contributed by atoms with Crippen LogP contribution in [0.25, 0.3) is 0 Å². The van der Waals surface area contributed by atoms with Gasteiger partial charge in [-0.05, 0) is 30.2 Å². The number of piperazine rings is 1. The third kappa shape index (κ3) is 4.29. The van der Waals surface area contributed by atoms with Crippen LogP contribution in [0.5, 0.6) is 0 Å². The SMILES string of the molecule is CCC1C(=O)Nc2cc(CN3CCN(c4ccc(C(=O)NC)nc4F)CC3)cnc2[C@@H]1C. The number of carbonyl (C=O) groups excluding carboxylic acids is 2. The first kappa shape index (κ1) is 22.1. The Hall–Kier alpha value is -3.07. The summed E-state index contributed by atoms with van der Waals surface area (Å²) in [6, 6.07) is 5.18. The molecule has 2 N–H and O–H groups in total. The Balaban J connectivity index is 1.38. The largest absolute Gasteiger partial charge is 0.365 e. The van der Waals surface area contributed by atoms with Crippen molar-refractivity contribution in [3.63, 3.8) is 0 Å². The van der Waals surface area contributed by atoms with Crippen LogP contribution in [0.1, 0.15) is 47.9 Å².